The summed E-state index contributed by atoms with van der Waals surface area (Å²) in [6.45, 7) is 4.68. The smallest absolute Gasteiger partial charge is 0.251 e. The lowest BCUT2D eigenvalue weighted by Crippen LogP contribution is -2.35. The maximum atomic E-state index is 13.4. The summed E-state index contributed by atoms with van der Waals surface area (Å²) in [5.74, 6) is -0.244. The van der Waals surface area contributed by atoms with Gasteiger partial charge in [0.05, 0.1) is 11.5 Å². The number of nitrogens with zero attached hydrogens (tertiary/aromatic N) is 2. The molecule has 1 saturated heterocycles. The van der Waals surface area contributed by atoms with E-state index in [9.17, 15) is 18.0 Å². The molecule has 0 unspecified atom stereocenters. The summed E-state index contributed by atoms with van der Waals surface area (Å²) < 4.78 is 29.1. The van der Waals surface area contributed by atoms with Crippen LogP contribution in [0.1, 0.15) is 39.9 Å². The first kappa shape index (κ1) is 36.8. The van der Waals surface area contributed by atoms with Crippen LogP contribution in [0, 0.1) is 0 Å². The highest BCUT2D eigenvalue weighted by Gasteiger charge is 2.17. The Hall–Kier alpha value is -4.06. The highest BCUT2D eigenvalue weighted by Crippen LogP contribution is 2.23. The molecular formula is C37H43ClN4O5S. The van der Waals surface area contributed by atoms with Gasteiger partial charge < -0.3 is 19.9 Å². The van der Waals surface area contributed by atoms with E-state index in [-0.39, 0.29) is 35.7 Å². The summed E-state index contributed by atoms with van der Waals surface area (Å²) in [4.78, 5) is 30.5. The Kier molecular flexibility index (Phi) is 13.7. The van der Waals surface area contributed by atoms with Gasteiger partial charge in [0.1, 0.15) is 6.61 Å². The van der Waals surface area contributed by atoms with Crippen LogP contribution in [0.25, 0.3) is 11.1 Å². The Balaban J connectivity index is 0.00000520. The number of likely N-dealkylation sites (tertiary alicyclic amines) is 1. The van der Waals surface area contributed by atoms with Crippen molar-refractivity contribution in [2.75, 3.05) is 39.3 Å². The van der Waals surface area contributed by atoms with Gasteiger partial charge in [-0.1, -0.05) is 72.8 Å². The van der Waals surface area contributed by atoms with Crippen molar-refractivity contribution < 1.29 is 22.7 Å². The quantitative estimate of drug-likeness (QED) is 0.180. The number of hydrogen-bond acceptors (Lipinski definition) is 6. The third-order valence-electron chi connectivity index (χ3n) is 8.28. The van der Waals surface area contributed by atoms with E-state index in [2.05, 4.69) is 10.2 Å². The van der Waals surface area contributed by atoms with Gasteiger partial charge in [0.25, 0.3) is 5.91 Å². The fraction of sp³-hybridized carbons (Fsp3) is 0.297. The summed E-state index contributed by atoms with van der Waals surface area (Å²) in [7, 11) is -3.79. The highest BCUT2D eigenvalue weighted by molar-refractivity contribution is 7.89. The van der Waals surface area contributed by atoms with Crippen LogP contribution >= 0.6 is 12.4 Å². The van der Waals surface area contributed by atoms with Crippen LogP contribution in [0.15, 0.2) is 108 Å². The lowest BCUT2D eigenvalue weighted by atomic mass is 10.0. The number of carbonyl (C=O) groups is 2. The summed E-state index contributed by atoms with van der Waals surface area (Å²) in [6.07, 6.45) is 2.96. The number of halogens is 1. The van der Waals surface area contributed by atoms with Gasteiger partial charge >= 0.3 is 0 Å². The van der Waals surface area contributed by atoms with Gasteiger partial charge in [-0.15, -0.1) is 12.4 Å². The number of primary sulfonamides is 1. The first-order chi connectivity index (χ1) is 22.7. The number of amides is 2. The molecule has 4 aromatic rings. The summed E-state index contributed by atoms with van der Waals surface area (Å²) in [6, 6.07) is 31.6. The minimum Gasteiger partial charge on any atom is -0.367 e. The third-order valence-corrected chi connectivity index (χ3v) is 9.21. The topological polar surface area (TPSA) is 122 Å². The Morgan fingerprint density at radius 1 is 0.812 bits per heavy atom. The second kappa shape index (κ2) is 17.9. The monoisotopic (exact) mass is 690 g/mol. The molecular weight excluding hydrogens is 648 g/mol. The van der Waals surface area contributed by atoms with E-state index in [1.54, 1.807) is 17.0 Å². The molecule has 254 valence electrons. The summed E-state index contributed by atoms with van der Waals surface area (Å²) in [5, 5.41) is 8.29. The minimum atomic E-state index is -3.79. The molecule has 1 fully saturated rings. The van der Waals surface area contributed by atoms with Gasteiger partial charge in [0, 0.05) is 31.7 Å². The van der Waals surface area contributed by atoms with Gasteiger partial charge in [0.15, 0.2) is 0 Å². The van der Waals surface area contributed by atoms with E-state index in [0.29, 0.717) is 38.2 Å². The molecule has 4 aromatic carbocycles. The number of hydrogen-bond donors (Lipinski definition) is 2. The maximum Gasteiger partial charge on any atom is 0.251 e. The maximum absolute atomic E-state index is 13.4. The molecule has 48 heavy (non-hydrogen) atoms. The highest BCUT2D eigenvalue weighted by atomic mass is 35.5. The van der Waals surface area contributed by atoms with Gasteiger partial charge in [-0.05, 0) is 90.5 Å². The summed E-state index contributed by atoms with van der Waals surface area (Å²) >= 11 is 0. The van der Waals surface area contributed by atoms with Crippen LogP contribution in [-0.4, -0.2) is 69.4 Å². The minimum absolute atomic E-state index is 0. The zero-order chi connectivity index (χ0) is 33.1. The van der Waals surface area contributed by atoms with E-state index in [1.807, 2.05) is 78.9 Å². The standard InChI is InChI=1S/C37H42N4O5S.ClH/c38-47(44,45)35-16-14-29(15-17-35)18-22-41(36(42)28-46-27-30-8-2-1-3-9-30)26-31-10-6-11-32(24-31)33-12-7-13-34(25-33)37(43)39-19-23-40-20-4-5-21-40;/h1-3,6-17,24-25H,4-5,18-23,26-28H2,(H,39,43)(H2,38,44,45);1H. The van der Waals surface area contributed by atoms with E-state index in [1.165, 1.54) is 25.0 Å². The Morgan fingerprint density at radius 3 is 2.19 bits per heavy atom. The van der Waals surface area contributed by atoms with E-state index >= 15 is 0 Å². The molecule has 1 aliphatic rings. The fourth-order valence-electron chi connectivity index (χ4n) is 5.67. The Labute approximate surface area is 289 Å². The van der Waals surface area contributed by atoms with Gasteiger partial charge in [0.2, 0.25) is 15.9 Å². The second-order valence-corrected chi connectivity index (χ2v) is 13.4. The van der Waals surface area contributed by atoms with Crippen molar-refractivity contribution in [3.05, 3.63) is 125 Å². The Morgan fingerprint density at radius 2 is 1.48 bits per heavy atom. The van der Waals surface area contributed by atoms with Crippen molar-refractivity contribution in [3.8, 4) is 11.1 Å². The number of benzene rings is 4. The summed E-state index contributed by atoms with van der Waals surface area (Å²) in [5.41, 5.74) is 5.26. The molecule has 0 spiro atoms. The molecule has 2 amide bonds. The normalized spacial score (nSPS) is 13.1. The average molecular weight is 691 g/mol. The van der Waals surface area contributed by atoms with E-state index in [4.69, 9.17) is 9.88 Å². The first-order valence-corrected chi connectivity index (χ1v) is 17.5. The zero-order valence-corrected chi connectivity index (χ0v) is 28.6. The van der Waals surface area contributed by atoms with Crippen molar-refractivity contribution in [1.29, 1.82) is 0 Å². The molecule has 0 aromatic heterocycles. The lowest BCUT2D eigenvalue weighted by molar-refractivity contribution is -0.137. The largest absolute Gasteiger partial charge is 0.367 e. The van der Waals surface area contributed by atoms with Crippen LogP contribution in [0.4, 0.5) is 0 Å². The molecule has 0 atom stereocenters. The average Bonchev–Trinajstić information content (AvgIpc) is 3.61. The van der Waals surface area contributed by atoms with Crippen LogP contribution in [0.3, 0.4) is 0 Å². The lowest BCUT2D eigenvalue weighted by Gasteiger charge is -2.23. The molecule has 11 heteroatoms. The van der Waals surface area contributed by atoms with Crippen molar-refractivity contribution in [2.45, 2.75) is 37.3 Å². The molecule has 5 rings (SSSR count). The van der Waals surface area contributed by atoms with Crippen LogP contribution < -0.4 is 10.5 Å². The Bertz CT molecular complexity index is 1750. The zero-order valence-electron chi connectivity index (χ0n) is 26.9. The molecule has 3 N–H and O–H groups in total. The number of ether oxygens (including phenoxy) is 1. The number of rotatable bonds is 15. The molecule has 0 bridgehead atoms. The van der Waals surface area contributed by atoms with Crippen molar-refractivity contribution >= 4 is 34.2 Å². The van der Waals surface area contributed by atoms with Crippen LogP contribution in [0.2, 0.25) is 0 Å². The molecule has 0 aliphatic carbocycles. The molecule has 0 radical (unpaired) electrons. The molecule has 0 saturated carbocycles. The van der Waals surface area contributed by atoms with E-state index < -0.39 is 10.0 Å². The van der Waals surface area contributed by atoms with Crippen molar-refractivity contribution in [1.82, 2.24) is 15.1 Å². The molecule has 1 heterocycles. The van der Waals surface area contributed by atoms with Crippen molar-refractivity contribution in [2.24, 2.45) is 5.14 Å². The fourth-order valence-corrected chi connectivity index (χ4v) is 6.18. The number of carbonyl (C=O) groups excluding carboxylic acids is 2. The van der Waals surface area contributed by atoms with Gasteiger partial charge in [-0.3, -0.25) is 9.59 Å². The third kappa shape index (κ3) is 11.0. The molecule has 1 aliphatic heterocycles. The number of nitrogens with one attached hydrogen (secondary N) is 1. The first-order valence-electron chi connectivity index (χ1n) is 16.0. The van der Waals surface area contributed by atoms with Crippen molar-refractivity contribution in [3.63, 3.8) is 0 Å². The van der Waals surface area contributed by atoms with Gasteiger partial charge in [-0.25, -0.2) is 13.6 Å². The van der Waals surface area contributed by atoms with Crippen LogP contribution in [0.5, 0.6) is 0 Å². The SMILES string of the molecule is Cl.NS(=O)(=O)c1ccc(CCN(Cc2cccc(-c3cccc(C(=O)NCCN4CCCC4)c3)c2)C(=O)COCc2ccccc2)cc1. The predicted octanol–water partition coefficient (Wildman–Crippen LogP) is 5.04. The van der Waals surface area contributed by atoms with E-state index in [0.717, 1.165) is 47.5 Å². The predicted molar refractivity (Wildman–Crippen MR) is 190 cm³/mol. The molecule has 9 nitrogen and oxygen atoms in total. The van der Waals surface area contributed by atoms with Crippen LogP contribution in [-0.2, 0) is 39.1 Å². The number of nitrogens with two attached hydrogens (primary N) is 1. The second-order valence-electron chi connectivity index (χ2n) is 11.8. The number of sulfonamides is 1. The van der Waals surface area contributed by atoms with Gasteiger partial charge in [-0.2, -0.15) is 0 Å².